The second kappa shape index (κ2) is 6.36. The third kappa shape index (κ3) is 3.68. The second-order valence-electron chi connectivity index (χ2n) is 3.51. The van der Waals surface area contributed by atoms with E-state index in [-0.39, 0.29) is 0 Å². The topological polar surface area (TPSA) is 51.2 Å². The lowest BCUT2D eigenvalue weighted by atomic mass is 10.3. The number of halogens is 2. The van der Waals surface area contributed by atoms with Crippen LogP contribution in [0.5, 0.6) is 0 Å². The highest BCUT2D eigenvalue weighted by Crippen LogP contribution is 2.29. The highest BCUT2D eigenvalue weighted by molar-refractivity contribution is 9.10. The van der Waals surface area contributed by atoms with E-state index in [4.69, 9.17) is 16.3 Å². The number of benzene rings is 1. The van der Waals surface area contributed by atoms with Crippen molar-refractivity contribution in [3.63, 3.8) is 0 Å². The van der Waals surface area contributed by atoms with Crippen LogP contribution < -0.4 is 5.32 Å². The Hall–Kier alpha value is -1.11. The van der Waals surface area contributed by atoms with E-state index < -0.39 is 5.97 Å². The molecule has 1 heterocycles. The number of hydrogen-bond acceptors (Lipinski definition) is 5. The molecule has 0 aliphatic carbocycles. The van der Waals surface area contributed by atoms with Gasteiger partial charge in [-0.25, -0.2) is 9.78 Å². The van der Waals surface area contributed by atoms with Crippen LogP contribution in [0.4, 0.5) is 10.8 Å². The third-order valence-electron chi connectivity index (χ3n) is 2.16. The molecule has 0 atom stereocenters. The molecule has 100 valence electrons. The summed E-state index contributed by atoms with van der Waals surface area (Å²) < 4.78 is 5.77. The fourth-order valence-corrected chi connectivity index (χ4v) is 2.75. The summed E-state index contributed by atoms with van der Waals surface area (Å²) in [5.74, 6) is -0.422. The van der Waals surface area contributed by atoms with Gasteiger partial charge in [-0.1, -0.05) is 27.5 Å². The molecule has 1 aromatic heterocycles. The number of carbonyl (C=O) groups is 1. The number of aromatic nitrogens is 1. The maximum Gasteiger partial charge on any atom is 0.357 e. The van der Waals surface area contributed by atoms with Gasteiger partial charge < -0.3 is 10.1 Å². The van der Waals surface area contributed by atoms with Crippen molar-refractivity contribution < 1.29 is 9.53 Å². The summed E-state index contributed by atoms with van der Waals surface area (Å²) in [6.07, 6.45) is 0. The van der Waals surface area contributed by atoms with Crippen molar-refractivity contribution >= 4 is 55.7 Å². The molecular formula is C12H10BrClN2O2S. The van der Waals surface area contributed by atoms with Crippen LogP contribution in [0, 0.1) is 0 Å². The number of ether oxygens (including phenoxy) is 1. The summed E-state index contributed by atoms with van der Waals surface area (Å²) in [4.78, 5) is 15.6. The molecule has 1 aromatic carbocycles. The van der Waals surface area contributed by atoms with Crippen LogP contribution in [0.25, 0.3) is 0 Å². The van der Waals surface area contributed by atoms with Crippen LogP contribution in [0.15, 0.2) is 28.1 Å². The summed E-state index contributed by atoms with van der Waals surface area (Å²) in [5.41, 5.74) is 1.03. The molecule has 0 bridgehead atoms. The summed E-state index contributed by atoms with van der Waals surface area (Å²) >= 11 is 10.7. The fraction of sp³-hybridized carbons (Fsp3) is 0.167. The average molecular weight is 362 g/mol. The number of thiazole rings is 1. The first-order valence-corrected chi connectivity index (χ1v) is 7.50. The van der Waals surface area contributed by atoms with Crippen molar-refractivity contribution in [3.05, 3.63) is 38.8 Å². The highest BCUT2D eigenvalue weighted by Gasteiger charge is 2.12. The van der Waals surface area contributed by atoms with Crippen LogP contribution in [0.3, 0.4) is 0 Å². The van der Waals surface area contributed by atoms with Gasteiger partial charge in [-0.3, -0.25) is 0 Å². The molecule has 19 heavy (non-hydrogen) atoms. The zero-order chi connectivity index (χ0) is 13.8. The number of nitrogens with one attached hydrogen (secondary N) is 1. The summed E-state index contributed by atoms with van der Waals surface area (Å²) in [6, 6.07) is 5.48. The lowest BCUT2D eigenvalue weighted by Gasteiger charge is -2.05. The normalized spacial score (nSPS) is 10.3. The number of rotatable bonds is 4. The van der Waals surface area contributed by atoms with Crippen LogP contribution in [0.1, 0.15) is 17.4 Å². The van der Waals surface area contributed by atoms with Crippen LogP contribution in [-0.4, -0.2) is 17.6 Å². The predicted molar refractivity (Wildman–Crippen MR) is 80.5 cm³/mol. The van der Waals surface area contributed by atoms with E-state index >= 15 is 0 Å². The SMILES string of the molecule is CCOC(=O)c1csc(Nc2ccc(Br)cc2Cl)n1. The Balaban J connectivity index is 2.13. The zero-order valence-electron chi connectivity index (χ0n) is 9.94. The van der Waals surface area contributed by atoms with Crippen molar-refractivity contribution in [1.29, 1.82) is 0 Å². The Kier molecular flexibility index (Phi) is 4.79. The van der Waals surface area contributed by atoms with Crippen LogP contribution >= 0.6 is 38.9 Å². The molecule has 1 N–H and O–H groups in total. The maximum atomic E-state index is 11.5. The Morgan fingerprint density at radius 2 is 2.37 bits per heavy atom. The molecule has 0 spiro atoms. The maximum absolute atomic E-state index is 11.5. The van der Waals surface area contributed by atoms with E-state index in [2.05, 4.69) is 26.2 Å². The van der Waals surface area contributed by atoms with Crippen LogP contribution in [0.2, 0.25) is 5.02 Å². The minimum absolute atomic E-state index is 0.294. The molecular weight excluding hydrogens is 352 g/mol. The van der Waals surface area contributed by atoms with Crippen molar-refractivity contribution in [3.8, 4) is 0 Å². The predicted octanol–water partition coefficient (Wildman–Crippen LogP) is 4.48. The largest absolute Gasteiger partial charge is 0.461 e. The number of hydrogen-bond donors (Lipinski definition) is 1. The van der Waals surface area contributed by atoms with Gasteiger partial charge in [0.25, 0.3) is 0 Å². The standard InChI is InChI=1S/C12H10BrClN2O2S/c1-2-18-11(17)10-6-19-12(16-10)15-9-4-3-7(13)5-8(9)14/h3-6H,2H2,1H3,(H,15,16). The van der Waals surface area contributed by atoms with E-state index in [0.717, 1.165) is 10.2 Å². The van der Waals surface area contributed by atoms with Crippen molar-refractivity contribution in [1.82, 2.24) is 4.98 Å². The molecule has 2 rings (SSSR count). The molecule has 7 heteroatoms. The average Bonchev–Trinajstić information content (AvgIpc) is 2.82. The molecule has 0 amide bonds. The van der Waals surface area contributed by atoms with Crippen LogP contribution in [-0.2, 0) is 4.74 Å². The minimum Gasteiger partial charge on any atom is -0.461 e. The summed E-state index contributed by atoms with van der Waals surface area (Å²) in [5, 5.41) is 5.87. The Morgan fingerprint density at radius 1 is 1.58 bits per heavy atom. The van der Waals surface area contributed by atoms with Gasteiger partial charge in [0.15, 0.2) is 10.8 Å². The van der Waals surface area contributed by atoms with Gasteiger partial charge in [-0.05, 0) is 25.1 Å². The Morgan fingerprint density at radius 3 is 3.05 bits per heavy atom. The number of esters is 1. The van der Waals surface area contributed by atoms with Gasteiger partial charge in [-0.15, -0.1) is 11.3 Å². The lowest BCUT2D eigenvalue weighted by Crippen LogP contribution is -2.05. The van der Waals surface area contributed by atoms with E-state index in [1.807, 2.05) is 12.1 Å². The molecule has 4 nitrogen and oxygen atoms in total. The number of anilines is 2. The fourth-order valence-electron chi connectivity index (χ4n) is 1.34. The lowest BCUT2D eigenvalue weighted by molar-refractivity contribution is 0.0520. The molecule has 0 aliphatic heterocycles. The van der Waals surface area contributed by atoms with Gasteiger partial charge in [0, 0.05) is 9.85 Å². The van der Waals surface area contributed by atoms with E-state index in [9.17, 15) is 4.79 Å². The quantitative estimate of drug-likeness (QED) is 0.816. The Labute approximate surface area is 127 Å². The Bertz CT molecular complexity index is 603. The first-order valence-electron chi connectivity index (χ1n) is 5.45. The molecule has 0 radical (unpaired) electrons. The highest BCUT2D eigenvalue weighted by atomic mass is 79.9. The smallest absolute Gasteiger partial charge is 0.357 e. The summed E-state index contributed by atoms with van der Waals surface area (Å²) in [7, 11) is 0. The van der Waals surface area contributed by atoms with E-state index in [1.165, 1.54) is 11.3 Å². The van der Waals surface area contributed by atoms with Gasteiger partial charge in [0.05, 0.1) is 17.3 Å². The van der Waals surface area contributed by atoms with Gasteiger partial charge in [-0.2, -0.15) is 0 Å². The monoisotopic (exact) mass is 360 g/mol. The molecule has 2 aromatic rings. The molecule has 0 unspecified atom stereocenters. The first kappa shape index (κ1) is 14.3. The second-order valence-corrected chi connectivity index (χ2v) is 5.69. The number of nitrogens with zero attached hydrogens (tertiary/aromatic N) is 1. The summed E-state index contributed by atoms with van der Waals surface area (Å²) in [6.45, 7) is 2.09. The van der Waals surface area contributed by atoms with Crippen molar-refractivity contribution in [2.45, 2.75) is 6.92 Å². The van der Waals surface area contributed by atoms with Crippen molar-refractivity contribution in [2.24, 2.45) is 0 Å². The van der Waals surface area contributed by atoms with E-state index in [1.54, 1.807) is 18.4 Å². The van der Waals surface area contributed by atoms with Crippen molar-refractivity contribution in [2.75, 3.05) is 11.9 Å². The van der Waals surface area contributed by atoms with Gasteiger partial charge in [0.1, 0.15) is 0 Å². The number of carbonyl (C=O) groups excluding carboxylic acids is 1. The van der Waals surface area contributed by atoms with E-state index in [0.29, 0.717) is 22.5 Å². The minimum atomic E-state index is -0.422. The molecule has 0 saturated heterocycles. The van der Waals surface area contributed by atoms with Gasteiger partial charge >= 0.3 is 5.97 Å². The third-order valence-corrected chi connectivity index (χ3v) is 3.73. The first-order chi connectivity index (χ1) is 9.10. The zero-order valence-corrected chi connectivity index (χ0v) is 13.1. The molecule has 0 aliphatic rings. The molecule has 0 saturated carbocycles. The van der Waals surface area contributed by atoms with Gasteiger partial charge in [0.2, 0.25) is 0 Å². The molecule has 0 fully saturated rings.